The first-order valence-corrected chi connectivity index (χ1v) is 7.32. The molecule has 3 aromatic heterocycles. The van der Waals surface area contributed by atoms with Gasteiger partial charge in [0.15, 0.2) is 0 Å². The van der Waals surface area contributed by atoms with Crippen LogP contribution in [0.2, 0.25) is 0 Å². The molecule has 0 aliphatic carbocycles. The molecule has 0 saturated carbocycles. The first-order valence-electron chi connectivity index (χ1n) is 6.50. The molecule has 4 heterocycles. The van der Waals surface area contributed by atoms with Crippen LogP contribution in [0.15, 0.2) is 35.1 Å². The van der Waals surface area contributed by atoms with Gasteiger partial charge < -0.3 is 15.1 Å². The number of nitrogens with one attached hydrogen (secondary N) is 2. The first-order chi connectivity index (χ1) is 10.3. The molecule has 21 heavy (non-hydrogen) atoms. The predicted molar refractivity (Wildman–Crippen MR) is 80.8 cm³/mol. The third-order valence-electron chi connectivity index (χ3n) is 3.20. The number of fused-ring (bicyclic) bond motifs is 1. The SMILES string of the molecule is N=C1CCNc2oc(-c3cnc(-c4cccnc4)s3)nc21. The second-order valence-electron chi connectivity index (χ2n) is 4.62. The molecule has 2 N–H and O–H groups in total. The van der Waals surface area contributed by atoms with Gasteiger partial charge in [0.2, 0.25) is 11.8 Å². The van der Waals surface area contributed by atoms with Crippen LogP contribution < -0.4 is 5.32 Å². The van der Waals surface area contributed by atoms with Crippen molar-refractivity contribution in [1.82, 2.24) is 15.0 Å². The van der Waals surface area contributed by atoms with E-state index in [-0.39, 0.29) is 0 Å². The smallest absolute Gasteiger partial charge is 0.241 e. The zero-order valence-corrected chi connectivity index (χ0v) is 11.8. The first kappa shape index (κ1) is 12.2. The summed E-state index contributed by atoms with van der Waals surface area (Å²) >= 11 is 1.50. The summed E-state index contributed by atoms with van der Waals surface area (Å²) in [6.45, 7) is 0.712. The molecule has 0 bridgehead atoms. The minimum Gasteiger partial charge on any atom is -0.419 e. The summed E-state index contributed by atoms with van der Waals surface area (Å²) in [5, 5.41) is 11.9. The molecule has 3 aromatic rings. The molecule has 0 fully saturated rings. The van der Waals surface area contributed by atoms with Crippen LogP contribution in [0, 0.1) is 5.41 Å². The standard InChI is InChI=1S/C14H11N5OS/c15-9-3-5-17-13-11(9)19-12(20-13)10-7-18-14(21-10)8-2-1-4-16-6-8/h1-2,4,6-7,15,17H,3,5H2. The summed E-state index contributed by atoms with van der Waals surface area (Å²) in [5.41, 5.74) is 2.08. The van der Waals surface area contributed by atoms with E-state index in [9.17, 15) is 0 Å². The Hall–Kier alpha value is -2.54. The van der Waals surface area contributed by atoms with Crippen LogP contribution in [0.4, 0.5) is 5.88 Å². The molecule has 0 amide bonds. The van der Waals surface area contributed by atoms with Gasteiger partial charge in [-0.1, -0.05) is 0 Å². The Morgan fingerprint density at radius 3 is 3.10 bits per heavy atom. The van der Waals surface area contributed by atoms with Gasteiger partial charge in [0.25, 0.3) is 0 Å². The summed E-state index contributed by atoms with van der Waals surface area (Å²) in [6.07, 6.45) is 5.92. The van der Waals surface area contributed by atoms with Crippen LogP contribution in [-0.4, -0.2) is 27.2 Å². The van der Waals surface area contributed by atoms with Crippen molar-refractivity contribution in [1.29, 1.82) is 5.41 Å². The van der Waals surface area contributed by atoms with E-state index < -0.39 is 0 Å². The third kappa shape index (κ3) is 2.11. The lowest BCUT2D eigenvalue weighted by Gasteiger charge is -2.10. The van der Waals surface area contributed by atoms with Gasteiger partial charge in [-0.15, -0.1) is 11.3 Å². The monoisotopic (exact) mass is 297 g/mol. The van der Waals surface area contributed by atoms with E-state index in [4.69, 9.17) is 9.83 Å². The molecular formula is C14H11N5OS. The van der Waals surface area contributed by atoms with E-state index in [2.05, 4.69) is 20.3 Å². The van der Waals surface area contributed by atoms with Crippen molar-refractivity contribution >= 4 is 22.9 Å². The van der Waals surface area contributed by atoms with Gasteiger partial charge in [-0.2, -0.15) is 0 Å². The summed E-state index contributed by atoms with van der Waals surface area (Å²) in [5.74, 6) is 1.09. The summed E-state index contributed by atoms with van der Waals surface area (Å²) in [6, 6.07) is 3.85. The molecule has 0 spiro atoms. The van der Waals surface area contributed by atoms with Crippen molar-refractivity contribution < 1.29 is 4.42 Å². The van der Waals surface area contributed by atoms with Crippen molar-refractivity contribution in [3.63, 3.8) is 0 Å². The van der Waals surface area contributed by atoms with E-state index in [0.29, 0.717) is 36.1 Å². The van der Waals surface area contributed by atoms with Crippen LogP contribution in [0.1, 0.15) is 12.1 Å². The largest absolute Gasteiger partial charge is 0.419 e. The summed E-state index contributed by atoms with van der Waals surface area (Å²) < 4.78 is 5.70. The van der Waals surface area contributed by atoms with Crippen molar-refractivity contribution in [3.05, 3.63) is 36.4 Å². The number of nitrogens with zero attached hydrogens (tertiary/aromatic N) is 3. The molecule has 0 aromatic carbocycles. The average molecular weight is 297 g/mol. The fraction of sp³-hybridized carbons (Fsp3) is 0.143. The number of aromatic nitrogens is 3. The lowest BCUT2D eigenvalue weighted by Crippen LogP contribution is -2.16. The number of rotatable bonds is 2. The molecule has 0 atom stereocenters. The molecule has 0 radical (unpaired) electrons. The van der Waals surface area contributed by atoms with Gasteiger partial charge in [0.1, 0.15) is 15.6 Å². The highest BCUT2D eigenvalue weighted by Crippen LogP contribution is 2.34. The van der Waals surface area contributed by atoms with Crippen LogP contribution in [-0.2, 0) is 0 Å². The lowest BCUT2D eigenvalue weighted by molar-refractivity contribution is 0.586. The number of anilines is 1. The van der Waals surface area contributed by atoms with Gasteiger partial charge in [0.05, 0.1) is 11.9 Å². The zero-order chi connectivity index (χ0) is 14.2. The van der Waals surface area contributed by atoms with Gasteiger partial charge in [-0.25, -0.2) is 9.97 Å². The van der Waals surface area contributed by atoms with E-state index >= 15 is 0 Å². The number of oxazole rings is 1. The summed E-state index contributed by atoms with van der Waals surface area (Å²) in [7, 11) is 0. The van der Waals surface area contributed by atoms with Crippen LogP contribution in [0.25, 0.3) is 21.3 Å². The molecule has 7 heteroatoms. The van der Waals surface area contributed by atoms with Crippen LogP contribution in [0.3, 0.4) is 0 Å². The Balaban J connectivity index is 1.72. The van der Waals surface area contributed by atoms with E-state index in [1.807, 2.05) is 12.1 Å². The predicted octanol–water partition coefficient (Wildman–Crippen LogP) is 3.04. The van der Waals surface area contributed by atoms with Crippen molar-refractivity contribution in [2.24, 2.45) is 0 Å². The number of thiazole rings is 1. The highest BCUT2D eigenvalue weighted by atomic mass is 32.1. The fourth-order valence-electron chi connectivity index (χ4n) is 2.17. The van der Waals surface area contributed by atoms with Gasteiger partial charge in [-0.3, -0.25) is 4.98 Å². The Bertz CT molecular complexity index is 808. The number of hydrogen-bond acceptors (Lipinski definition) is 7. The van der Waals surface area contributed by atoms with Crippen molar-refractivity contribution in [2.45, 2.75) is 6.42 Å². The molecule has 1 aliphatic heterocycles. The van der Waals surface area contributed by atoms with Gasteiger partial charge >= 0.3 is 0 Å². The quantitative estimate of drug-likeness (QED) is 0.759. The van der Waals surface area contributed by atoms with Gasteiger partial charge in [0, 0.05) is 30.9 Å². The van der Waals surface area contributed by atoms with Crippen LogP contribution in [0.5, 0.6) is 0 Å². The number of pyridine rings is 1. The van der Waals surface area contributed by atoms with E-state index in [0.717, 1.165) is 15.4 Å². The van der Waals surface area contributed by atoms with Crippen molar-refractivity contribution in [3.8, 4) is 21.3 Å². The van der Waals surface area contributed by atoms with E-state index in [1.54, 1.807) is 18.6 Å². The van der Waals surface area contributed by atoms with Crippen molar-refractivity contribution in [2.75, 3.05) is 11.9 Å². The minimum atomic E-state index is 0.506. The highest BCUT2D eigenvalue weighted by molar-refractivity contribution is 7.18. The Kier molecular flexibility index (Phi) is 2.78. The Morgan fingerprint density at radius 1 is 1.33 bits per heavy atom. The maximum Gasteiger partial charge on any atom is 0.241 e. The second-order valence-corrected chi connectivity index (χ2v) is 5.65. The normalized spacial score (nSPS) is 13.8. The molecule has 104 valence electrons. The fourth-order valence-corrected chi connectivity index (χ4v) is 3.00. The zero-order valence-electron chi connectivity index (χ0n) is 11.0. The second kappa shape index (κ2) is 4.78. The van der Waals surface area contributed by atoms with Gasteiger partial charge in [-0.05, 0) is 12.1 Å². The number of hydrogen-bond donors (Lipinski definition) is 2. The lowest BCUT2D eigenvalue weighted by atomic mass is 10.1. The summed E-state index contributed by atoms with van der Waals surface area (Å²) in [4.78, 5) is 13.7. The maximum atomic E-state index is 7.90. The van der Waals surface area contributed by atoms with Crippen LogP contribution >= 0.6 is 11.3 Å². The highest BCUT2D eigenvalue weighted by Gasteiger charge is 2.22. The molecule has 4 rings (SSSR count). The Morgan fingerprint density at radius 2 is 2.29 bits per heavy atom. The topological polar surface area (TPSA) is 87.7 Å². The molecule has 1 aliphatic rings. The maximum absolute atomic E-state index is 7.90. The average Bonchev–Trinajstić information content (AvgIpc) is 3.15. The molecule has 6 nitrogen and oxygen atoms in total. The van der Waals surface area contributed by atoms with E-state index in [1.165, 1.54) is 11.3 Å². The third-order valence-corrected chi connectivity index (χ3v) is 4.23. The molecule has 0 unspecified atom stereocenters. The molecule has 0 saturated heterocycles. The minimum absolute atomic E-state index is 0.506. The Labute approximate surface area is 124 Å². The molecular weight excluding hydrogens is 286 g/mol.